The Morgan fingerprint density at radius 2 is 2.03 bits per heavy atom. The number of nitrogens with one attached hydrogen (secondary N) is 2. The van der Waals surface area contributed by atoms with Crippen molar-refractivity contribution in [1.82, 2.24) is 10.3 Å². The summed E-state index contributed by atoms with van der Waals surface area (Å²) >= 11 is 0. The number of benzene rings is 1. The largest absolute Gasteiger partial charge is 0.393 e. The molecular formula is C30H42N2O2. The highest BCUT2D eigenvalue weighted by Crippen LogP contribution is 2.61. The van der Waals surface area contributed by atoms with E-state index in [1.165, 1.54) is 16.5 Å². The highest BCUT2D eigenvalue weighted by Gasteiger charge is 2.55. The van der Waals surface area contributed by atoms with Gasteiger partial charge in [0.05, 0.1) is 6.10 Å². The summed E-state index contributed by atoms with van der Waals surface area (Å²) in [6.07, 6.45) is 10.5. The fourth-order valence-corrected chi connectivity index (χ4v) is 7.08. The summed E-state index contributed by atoms with van der Waals surface area (Å²) in [5, 5.41) is 14.9. The van der Waals surface area contributed by atoms with E-state index in [-0.39, 0.29) is 22.8 Å². The van der Waals surface area contributed by atoms with Gasteiger partial charge in [-0.25, -0.2) is 0 Å². The van der Waals surface area contributed by atoms with Crippen molar-refractivity contribution >= 4 is 16.8 Å². The summed E-state index contributed by atoms with van der Waals surface area (Å²) in [7, 11) is 0. The van der Waals surface area contributed by atoms with Gasteiger partial charge in [0, 0.05) is 29.7 Å². The number of para-hydroxylation sites is 1. The van der Waals surface area contributed by atoms with Crippen LogP contribution in [0, 0.1) is 22.7 Å². The first-order valence-electron chi connectivity index (χ1n) is 13.0. The van der Waals surface area contributed by atoms with Gasteiger partial charge < -0.3 is 15.4 Å². The second-order valence-corrected chi connectivity index (χ2v) is 11.6. The molecule has 4 nitrogen and oxygen atoms in total. The SMILES string of the molecule is C=C1CC[C@@H]2C(C)(C)[C@H](O)CC[C@@]2(C)[C@@H]1CCC(C)=CC(=O)NCCc1c[nH]c2ccccc12. The summed E-state index contributed by atoms with van der Waals surface area (Å²) < 4.78 is 0. The Balaban J connectivity index is 1.32. The molecule has 2 saturated carbocycles. The lowest BCUT2D eigenvalue weighted by atomic mass is 9.46. The number of hydrogen-bond donors (Lipinski definition) is 3. The van der Waals surface area contributed by atoms with E-state index in [1.807, 2.05) is 18.3 Å². The number of amides is 1. The van der Waals surface area contributed by atoms with Gasteiger partial charge in [-0.15, -0.1) is 0 Å². The van der Waals surface area contributed by atoms with Gasteiger partial charge in [-0.3, -0.25) is 4.79 Å². The second-order valence-electron chi connectivity index (χ2n) is 11.6. The first kappa shape index (κ1) is 24.8. The number of aliphatic hydroxyl groups is 1. The number of aromatic amines is 1. The number of aliphatic hydroxyl groups excluding tert-OH is 1. The summed E-state index contributed by atoms with van der Waals surface area (Å²) in [6.45, 7) is 14.1. The summed E-state index contributed by atoms with van der Waals surface area (Å²) in [5.74, 6) is 0.952. The summed E-state index contributed by atoms with van der Waals surface area (Å²) in [5.41, 5.74) is 4.98. The second kappa shape index (κ2) is 9.73. The number of rotatable bonds is 7. The molecule has 0 unspecified atom stereocenters. The van der Waals surface area contributed by atoms with E-state index in [4.69, 9.17) is 0 Å². The number of allylic oxidation sites excluding steroid dienone is 2. The van der Waals surface area contributed by atoms with E-state index in [9.17, 15) is 9.90 Å². The third kappa shape index (κ3) is 4.75. The zero-order valence-electron chi connectivity index (χ0n) is 21.4. The van der Waals surface area contributed by atoms with Crippen molar-refractivity contribution in [3.8, 4) is 0 Å². The lowest BCUT2D eigenvalue weighted by Crippen LogP contribution is -2.54. The van der Waals surface area contributed by atoms with Gasteiger partial charge in [0.1, 0.15) is 0 Å². The van der Waals surface area contributed by atoms with Crippen LogP contribution in [0.3, 0.4) is 0 Å². The van der Waals surface area contributed by atoms with Crippen LogP contribution in [0.2, 0.25) is 0 Å². The zero-order chi connectivity index (χ0) is 24.5. The zero-order valence-corrected chi connectivity index (χ0v) is 21.4. The van der Waals surface area contributed by atoms with Gasteiger partial charge in [-0.05, 0) is 86.2 Å². The Morgan fingerprint density at radius 1 is 1.26 bits per heavy atom. The molecule has 0 spiro atoms. The van der Waals surface area contributed by atoms with Gasteiger partial charge in [-0.1, -0.05) is 56.7 Å². The lowest BCUT2D eigenvalue weighted by molar-refractivity contribution is -0.124. The Kier molecular flexibility index (Phi) is 7.09. The van der Waals surface area contributed by atoms with Crippen molar-refractivity contribution in [3.05, 3.63) is 59.8 Å². The van der Waals surface area contributed by atoms with E-state index < -0.39 is 0 Å². The number of carbonyl (C=O) groups excluding carboxylic acids is 1. The standard InChI is InChI=1S/C30H42N2O2/c1-20(18-28(34)31-17-15-22-19-32-25-9-7-6-8-23(22)25)10-12-24-21(2)11-13-26-29(3,4)27(33)14-16-30(24,26)5/h6-9,18-19,24,26-27,32-33H,2,10-17H2,1,3-5H3,(H,31,34)/t24-,26-,27-,30+/m1/s1. The van der Waals surface area contributed by atoms with Crippen molar-refractivity contribution in [2.75, 3.05) is 6.54 Å². The lowest BCUT2D eigenvalue weighted by Gasteiger charge is -2.59. The van der Waals surface area contributed by atoms with E-state index in [1.54, 1.807) is 6.08 Å². The molecule has 2 fully saturated rings. The molecule has 2 aliphatic carbocycles. The van der Waals surface area contributed by atoms with Crippen LogP contribution < -0.4 is 5.32 Å². The van der Waals surface area contributed by atoms with Crippen molar-refractivity contribution in [2.45, 2.75) is 78.7 Å². The van der Waals surface area contributed by atoms with E-state index in [2.05, 4.69) is 56.7 Å². The van der Waals surface area contributed by atoms with Crippen LogP contribution in [0.1, 0.15) is 71.8 Å². The Hall–Kier alpha value is -2.33. The fraction of sp³-hybridized carbons (Fsp3) is 0.567. The van der Waals surface area contributed by atoms with E-state index in [0.717, 1.165) is 56.0 Å². The molecule has 1 amide bonds. The molecule has 4 heteroatoms. The monoisotopic (exact) mass is 462 g/mol. The molecule has 0 aliphatic heterocycles. The quantitative estimate of drug-likeness (QED) is 0.333. The normalized spacial score (nSPS) is 29.1. The van der Waals surface area contributed by atoms with Crippen LogP contribution in [0.15, 0.2) is 54.3 Å². The molecule has 0 saturated heterocycles. The molecule has 4 rings (SSSR count). The maximum Gasteiger partial charge on any atom is 0.243 e. The van der Waals surface area contributed by atoms with Crippen molar-refractivity contribution < 1.29 is 9.90 Å². The van der Waals surface area contributed by atoms with Gasteiger partial charge >= 0.3 is 0 Å². The van der Waals surface area contributed by atoms with Crippen molar-refractivity contribution in [2.24, 2.45) is 22.7 Å². The minimum Gasteiger partial charge on any atom is -0.393 e. The summed E-state index contributed by atoms with van der Waals surface area (Å²) in [6, 6.07) is 8.26. The molecule has 1 aromatic heterocycles. The molecule has 1 aromatic carbocycles. The number of carbonyl (C=O) groups is 1. The first-order valence-corrected chi connectivity index (χ1v) is 13.0. The van der Waals surface area contributed by atoms with Crippen LogP contribution in [0.5, 0.6) is 0 Å². The van der Waals surface area contributed by atoms with Crippen LogP contribution in [-0.2, 0) is 11.2 Å². The smallest absolute Gasteiger partial charge is 0.243 e. The average Bonchev–Trinajstić information content (AvgIpc) is 3.19. The Bertz CT molecular complexity index is 1080. The third-order valence-electron chi connectivity index (χ3n) is 9.13. The topological polar surface area (TPSA) is 65.1 Å². The maximum absolute atomic E-state index is 12.5. The van der Waals surface area contributed by atoms with Gasteiger partial charge in [0.25, 0.3) is 0 Å². The van der Waals surface area contributed by atoms with E-state index >= 15 is 0 Å². The minimum atomic E-state index is -0.216. The molecule has 0 radical (unpaired) electrons. The number of hydrogen-bond acceptors (Lipinski definition) is 2. The first-order chi connectivity index (χ1) is 16.1. The molecule has 2 aromatic rings. The fourth-order valence-electron chi connectivity index (χ4n) is 7.08. The van der Waals surface area contributed by atoms with Gasteiger partial charge in [0.2, 0.25) is 5.91 Å². The Morgan fingerprint density at radius 3 is 2.82 bits per heavy atom. The minimum absolute atomic E-state index is 0.00850. The van der Waals surface area contributed by atoms with Crippen molar-refractivity contribution in [1.29, 1.82) is 0 Å². The highest BCUT2D eigenvalue weighted by molar-refractivity contribution is 5.88. The van der Waals surface area contributed by atoms with Crippen LogP contribution >= 0.6 is 0 Å². The molecule has 4 atom stereocenters. The molecule has 0 bridgehead atoms. The van der Waals surface area contributed by atoms with Gasteiger partial charge in [0.15, 0.2) is 0 Å². The molecule has 34 heavy (non-hydrogen) atoms. The third-order valence-corrected chi connectivity index (χ3v) is 9.13. The molecule has 1 heterocycles. The average molecular weight is 463 g/mol. The molecular weight excluding hydrogens is 420 g/mol. The number of aromatic nitrogens is 1. The number of fused-ring (bicyclic) bond motifs is 2. The van der Waals surface area contributed by atoms with E-state index in [0.29, 0.717) is 18.4 Å². The Labute approximate surface area is 204 Å². The van der Waals surface area contributed by atoms with Crippen LogP contribution in [0.25, 0.3) is 10.9 Å². The highest BCUT2D eigenvalue weighted by atomic mass is 16.3. The van der Waals surface area contributed by atoms with Crippen molar-refractivity contribution in [3.63, 3.8) is 0 Å². The number of H-pyrrole nitrogens is 1. The molecule has 2 aliphatic rings. The van der Waals surface area contributed by atoms with Crippen LogP contribution in [0.4, 0.5) is 0 Å². The predicted molar refractivity (Wildman–Crippen MR) is 140 cm³/mol. The maximum atomic E-state index is 12.5. The van der Waals surface area contributed by atoms with Crippen LogP contribution in [-0.4, -0.2) is 28.6 Å². The summed E-state index contributed by atoms with van der Waals surface area (Å²) in [4.78, 5) is 15.8. The molecule has 184 valence electrons. The van der Waals surface area contributed by atoms with Gasteiger partial charge in [-0.2, -0.15) is 0 Å². The molecule has 3 N–H and O–H groups in total. The predicted octanol–water partition coefficient (Wildman–Crippen LogP) is 6.32.